The van der Waals surface area contributed by atoms with Gasteiger partial charge in [0, 0.05) is 18.5 Å². The monoisotopic (exact) mass is 440 g/mol. The number of aromatic amines is 1. The molecular weight excluding hydrogens is 420 g/mol. The number of nitrogens with zero attached hydrogens (tertiary/aromatic N) is 3. The van der Waals surface area contributed by atoms with E-state index >= 15 is 0 Å². The van der Waals surface area contributed by atoms with Gasteiger partial charge in [-0.05, 0) is 37.3 Å². The van der Waals surface area contributed by atoms with E-state index in [9.17, 15) is 14.4 Å². The van der Waals surface area contributed by atoms with Gasteiger partial charge in [0.1, 0.15) is 11.6 Å². The molecule has 0 bridgehead atoms. The van der Waals surface area contributed by atoms with Crippen LogP contribution in [-0.2, 0) is 16.1 Å². The van der Waals surface area contributed by atoms with Crippen LogP contribution < -0.4 is 15.2 Å². The number of fused-ring (bicyclic) bond motifs is 2. The van der Waals surface area contributed by atoms with E-state index < -0.39 is 6.10 Å². The summed E-state index contributed by atoms with van der Waals surface area (Å²) in [7, 11) is 0. The second-order valence-electron chi connectivity index (χ2n) is 7.23. The molecule has 1 N–H and O–H groups in total. The number of para-hydroxylation sites is 2. The van der Waals surface area contributed by atoms with E-state index in [-0.39, 0.29) is 30.5 Å². The number of anilines is 1. The Labute approximate surface area is 183 Å². The number of nitrogens with one attached hydrogen (secondary N) is 1. The number of ether oxygens (including phenoxy) is 1. The fraction of sp³-hybridized carbons (Fsp3) is 0.273. The third-order valence-corrected chi connectivity index (χ3v) is 5.42. The van der Waals surface area contributed by atoms with Crippen molar-refractivity contribution in [3.63, 3.8) is 0 Å². The number of amides is 2. The highest BCUT2D eigenvalue weighted by atomic mass is 35.5. The quantitative estimate of drug-likeness (QED) is 0.673. The molecule has 0 spiro atoms. The van der Waals surface area contributed by atoms with Gasteiger partial charge in [-0.15, -0.1) is 0 Å². The molecule has 4 rings (SSSR count). The normalized spacial score (nSPS) is 15.3. The number of likely N-dealkylation sites (N-methyl/N-ethyl adjacent to an activating group) is 1. The average molecular weight is 441 g/mol. The van der Waals surface area contributed by atoms with E-state index in [0.29, 0.717) is 39.7 Å². The molecule has 0 aliphatic carbocycles. The van der Waals surface area contributed by atoms with Crippen LogP contribution in [0.1, 0.15) is 19.7 Å². The maximum atomic E-state index is 13.2. The largest absolute Gasteiger partial charge is 0.476 e. The molecule has 3 aromatic rings. The number of hydrogen-bond acceptors (Lipinski definition) is 5. The van der Waals surface area contributed by atoms with Crippen molar-refractivity contribution in [1.29, 1.82) is 0 Å². The zero-order valence-corrected chi connectivity index (χ0v) is 17.8. The molecule has 2 heterocycles. The summed E-state index contributed by atoms with van der Waals surface area (Å²) in [6.45, 7) is 3.86. The highest BCUT2D eigenvalue weighted by molar-refractivity contribution is 6.31. The van der Waals surface area contributed by atoms with Crippen molar-refractivity contribution in [3.8, 4) is 5.75 Å². The summed E-state index contributed by atoms with van der Waals surface area (Å²) in [4.78, 5) is 48.0. The van der Waals surface area contributed by atoms with Crippen LogP contribution >= 0.6 is 11.6 Å². The van der Waals surface area contributed by atoms with E-state index in [1.54, 1.807) is 36.4 Å². The van der Waals surface area contributed by atoms with Gasteiger partial charge in [0.25, 0.3) is 11.5 Å². The number of H-pyrrole nitrogens is 1. The number of carbonyl (C=O) groups excluding carboxylic acids is 2. The molecule has 9 heteroatoms. The first kappa shape index (κ1) is 20.9. The van der Waals surface area contributed by atoms with E-state index in [1.807, 2.05) is 13.0 Å². The van der Waals surface area contributed by atoms with Crippen molar-refractivity contribution in [2.45, 2.75) is 26.5 Å². The third-order valence-electron chi connectivity index (χ3n) is 5.18. The predicted molar refractivity (Wildman–Crippen MR) is 117 cm³/mol. The lowest BCUT2D eigenvalue weighted by atomic mass is 10.1. The Hall–Kier alpha value is -3.39. The SMILES string of the molecule is CCN(Cc1nc2cc(Cl)ccc2c(=O)[nH]1)C(=O)[C@@H]1CN(C(C)=O)c2ccccc2O1. The van der Waals surface area contributed by atoms with E-state index in [0.717, 1.165) is 0 Å². The summed E-state index contributed by atoms with van der Waals surface area (Å²) in [5, 5.41) is 0.894. The molecule has 0 saturated heterocycles. The van der Waals surface area contributed by atoms with Crippen LogP contribution in [0.3, 0.4) is 0 Å². The van der Waals surface area contributed by atoms with E-state index in [4.69, 9.17) is 16.3 Å². The fourth-order valence-electron chi connectivity index (χ4n) is 3.63. The first-order valence-electron chi connectivity index (χ1n) is 9.88. The molecule has 0 fully saturated rings. The zero-order chi connectivity index (χ0) is 22.1. The Kier molecular flexibility index (Phi) is 5.65. The van der Waals surface area contributed by atoms with Crippen LogP contribution in [0, 0.1) is 0 Å². The van der Waals surface area contributed by atoms with Gasteiger partial charge in [0.15, 0.2) is 6.10 Å². The van der Waals surface area contributed by atoms with Crippen molar-refractivity contribution in [2.75, 3.05) is 18.0 Å². The van der Waals surface area contributed by atoms with Crippen molar-refractivity contribution >= 4 is 40.0 Å². The number of aromatic nitrogens is 2. The fourth-order valence-corrected chi connectivity index (χ4v) is 3.79. The van der Waals surface area contributed by atoms with Crippen LogP contribution in [0.4, 0.5) is 5.69 Å². The lowest BCUT2D eigenvalue weighted by Crippen LogP contribution is -2.51. The third kappa shape index (κ3) is 4.11. The van der Waals surface area contributed by atoms with Crippen LogP contribution in [0.2, 0.25) is 5.02 Å². The second kappa shape index (κ2) is 8.39. The summed E-state index contributed by atoms with van der Waals surface area (Å²) < 4.78 is 5.91. The Morgan fingerprint density at radius 3 is 2.81 bits per heavy atom. The minimum Gasteiger partial charge on any atom is -0.476 e. The molecular formula is C22H21ClN4O4. The van der Waals surface area contributed by atoms with Crippen LogP contribution in [-0.4, -0.2) is 45.9 Å². The Morgan fingerprint density at radius 2 is 2.06 bits per heavy atom. The topological polar surface area (TPSA) is 95.6 Å². The molecule has 1 aliphatic rings. The summed E-state index contributed by atoms with van der Waals surface area (Å²) in [6, 6.07) is 12.0. The molecule has 0 radical (unpaired) electrons. The summed E-state index contributed by atoms with van der Waals surface area (Å²) in [6.07, 6.45) is -0.861. The van der Waals surface area contributed by atoms with Gasteiger partial charge in [0.05, 0.1) is 29.7 Å². The van der Waals surface area contributed by atoms with Crippen LogP contribution in [0.25, 0.3) is 10.9 Å². The van der Waals surface area contributed by atoms with E-state index in [1.165, 1.54) is 16.7 Å². The van der Waals surface area contributed by atoms with Crippen molar-refractivity contribution in [3.05, 3.63) is 63.7 Å². The molecule has 2 amide bonds. The first-order chi connectivity index (χ1) is 14.9. The summed E-state index contributed by atoms with van der Waals surface area (Å²) in [5.74, 6) is 0.353. The Bertz CT molecular complexity index is 1230. The summed E-state index contributed by atoms with van der Waals surface area (Å²) in [5.41, 5.74) is 0.797. The Morgan fingerprint density at radius 1 is 1.29 bits per heavy atom. The Balaban J connectivity index is 1.60. The first-order valence-corrected chi connectivity index (χ1v) is 10.3. The molecule has 0 unspecified atom stereocenters. The lowest BCUT2D eigenvalue weighted by Gasteiger charge is -2.35. The van der Waals surface area contributed by atoms with Crippen LogP contribution in [0.5, 0.6) is 5.75 Å². The highest BCUT2D eigenvalue weighted by Gasteiger charge is 2.34. The number of halogens is 1. The van der Waals surface area contributed by atoms with Crippen molar-refractivity contribution in [1.82, 2.24) is 14.9 Å². The van der Waals surface area contributed by atoms with Crippen molar-refractivity contribution < 1.29 is 14.3 Å². The molecule has 0 saturated carbocycles. The minimum atomic E-state index is -0.861. The minimum absolute atomic E-state index is 0.0919. The number of hydrogen-bond donors (Lipinski definition) is 1. The summed E-state index contributed by atoms with van der Waals surface area (Å²) >= 11 is 6.02. The molecule has 1 atom stereocenters. The molecule has 31 heavy (non-hydrogen) atoms. The van der Waals surface area contributed by atoms with Crippen LogP contribution in [0.15, 0.2) is 47.3 Å². The second-order valence-corrected chi connectivity index (χ2v) is 7.67. The highest BCUT2D eigenvalue weighted by Crippen LogP contribution is 2.33. The number of carbonyl (C=O) groups is 2. The molecule has 1 aliphatic heterocycles. The van der Waals surface area contributed by atoms with Gasteiger partial charge >= 0.3 is 0 Å². The van der Waals surface area contributed by atoms with Gasteiger partial charge in [-0.2, -0.15) is 0 Å². The molecule has 1 aromatic heterocycles. The molecule has 2 aromatic carbocycles. The zero-order valence-electron chi connectivity index (χ0n) is 17.1. The maximum absolute atomic E-state index is 13.2. The predicted octanol–water partition coefficient (Wildman–Crippen LogP) is 2.74. The molecule has 160 valence electrons. The van der Waals surface area contributed by atoms with Crippen molar-refractivity contribution in [2.24, 2.45) is 0 Å². The van der Waals surface area contributed by atoms with Gasteiger partial charge in [-0.3, -0.25) is 14.4 Å². The van der Waals surface area contributed by atoms with Gasteiger partial charge in [0.2, 0.25) is 5.91 Å². The van der Waals surface area contributed by atoms with Gasteiger partial charge in [-0.1, -0.05) is 23.7 Å². The standard InChI is InChI=1S/C22H21ClN4O4/c1-3-26(12-20-24-16-10-14(23)8-9-15(16)21(29)25-20)22(30)19-11-27(13(2)28)17-6-4-5-7-18(17)31-19/h4-10,19H,3,11-12H2,1-2H3,(H,24,25,29)/t19-/m0/s1. The van der Waals surface area contributed by atoms with Gasteiger partial charge in [-0.25, -0.2) is 4.98 Å². The average Bonchev–Trinajstić information content (AvgIpc) is 2.75. The lowest BCUT2D eigenvalue weighted by molar-refractivity contribution is -0.139. The number of rotatable bonds is 4. The van der Waals surface area contributed by atoms with E-state index in [2.05, 4.69) is 9.97 Å². The van der Waals surface area contributed by atoms with Gasteiger partial charge < -0.3 is 19.5 Å². The molecule has 8 nitrogen and oxygen atoms in total. The maximum Gasteiger partial charge on any atom is 0.265 e. The smallest absolute Gasteiger partial charge is 0.265 e. The number of benzene rings is 2.